The minimum Gasteiger partial charge on any atom is -0.268 e. The van der Waals surface area contributed by atoms with Gasteiger partial charge in [0.05, 0.1) is 0 Å². The molecule has 1 aliphatic rings. The van der Waals surface area contributed by atoms with Crippen LogP contribution in [0.4, 0.5) is 0 Å². The third kappa shape index (κ3) is 1.77. The second-order valence-corrected chi connectivity index (χ2v) is 3.87. The molecule has 1 saturated carbocycles. The molecule has 2 rings (SSSR count). The first-order valence-corrected chi connectivity index (χ1v) is 5.31. The lowest BCUT2D eigenvalue weighted by Crippen LogP contribution is -2.06. The first-order valence-electron chi connectivity index (χ1n) is 5.31. The summed E-state index contributed by atoms with van der Waals surface area (Å²) in [4.78, 5) is 0. The van der Waals surface area contributed by atoms with E-state index >= 15 is 0 Å². The maximum absolute atomic E-state index is 4.33. The molecular formula is C11H17N2. The fourth-order valence-electron chi connectivity index (χ4n) is 1.78. The van der Waals surface area contributed by atoms with Crippen molar-refractivity contribution in [2.75, 3.05) is 0 Å². The Kier molecular flexibility index (Phi) is 2.38. The topological polar surface area (TPSA) is 17.8 Å². The van der Waals surface area contributed by atoms with Crippen LogP contribution < -0.4 is 0 Å². The molecule has 1 aromatic heterocycles. The van der Waals surface area contributed by atoms with E-state index in [0.717, 1.165) is 25.3 Å². The maximum Gasteiger partial charge on any atom is 0.116 e. The van der Waals surface area contributed by atoms with Gasteiger partial charge in [-0.2, -0.15) is 5.10 Å². The van der Waals surface area contributed by atoms with Crippen molar-refractivity contribution in [1.82, 2.24) is 9.78 Å². The molecule has 0 atom stereocenters. The Morgan fingerprint density at radius 2 is 2.15 bits per heavy atom. The summed E-state index contributed by atoms with van der Waals surface area (Å²) >= 11 is 0. The molecule has 13 heavy (non-hydrogen) atoms. The van der Waals surface area contributed by atoms with E-state index in [1.165, 1.54) is 24.1 Å². The van der Waals surface area contributed by atoms with Gasteiger partial charge in [-0.15, -0.1) is 0 Å². The Hall–Kier alpha value is -0.790. The van der Waals surface area contributed by atoms with Crippen LogP contribution in [0.5, 0.6) is 0 Å². The fourth-order valence-corrected chi connectivity index (χ4v) is 1.78. The van der Waals surface area contributed by atoms with Crippen LogP contribution in [-0.2, 0) is 19.4 Å². The van der Waals surface area contributed by atoms with Crippen molar-refractivity contribution < 1.29 is 0 Å². The summed E-state index contributed by atoms with van der Waals surface area (Å²) in [6.45, 7) is 5.50. The molecule has 1 radical (unpaired) electrons. The Labute approximate surface area is 80.0 Å². The lowest BCUT2D eigenvalue weighted by molar-refractivity contribution is 0.540. The quantitative estimate of drug-likeness (QED) is 0.689. The lowest BCUT2D eigenvalue weighted by Gasteiger charge is -2.05. The van der Waals surface area contributed by atoms with E-state index in [1.54, 1.807) is 0 Å². The number of rotatable bonds is 4. The zero-order chi connectivity index (χ0) is 9.26. The van der Waals surface area contributed by atoms with Gasteiger partial charge < -0.3 is 0 Å². The third-order valence-corrected chi connectivity index (χ3v) is 2.78. The van der Waals surface area contributed by atoms with Crippen molar-refractivity contribution in [2.24, 2.45) is 5.92 Å². The molecule has 0 unspecified atom stereocenters. The molecule has 0 N–H and O–H groups in total. The van der Waals surface area contributed by atoms with E-state index in [1.807, 2.05) is 0 Å². The monoisotopic (exact) mass is 177 g/mol. The van der Waals surface area contributed by atoms with Gasteiger partial charge in [0.1, 0.15) is 6.20 Å². The minimum absolute atomic E-state index is 0.906. The number of aromatic nitrogens is 2. The molecule has 2 heteroatoms. The Balaban J connectivity index is 2.17. The zero-order valence-corrected chi connectivity index (χ0v) is 8.51. The van der Waals surface area contributed by atoms with Crippen LogP contribution >= 0.6 is 0 Å². The molecule has 1 fully saturated rings. The summed E-state index contributed by atoms with van der Waals surface area (Å²) in [6, 6.07) is 0. The summed E-state index contributed by atoms with van der Waals surface area (Å²) in [5, 5.41) is 4.33. The van der Waals surface area contributed by atoms with Gasteiger partial charge in [0.25, 0.3) is 0 Å². The molecular weight excluding hydrogens is 160 g/mol. The highest BCUT2D eigenvalue weighted by Crippen LogP contribution is 2.31. The molecule has 1 aromatic rings. The van der Waals surface area contributed by atoms with Crippen molar-refractivity contribution in [3.05, 3.63) is 17.5 Å². The van der Waals surface area contributed by atoms with Crippen LogP contribution in [-0.4, -0.2) is 9.78 Å². The highest BCUT2D eigenvalue weighted by molar-refractivity contribution is 5.16. The van der Waals surface area contributed by atoms with E-state index in [-0.39, 0.29) is 0 Å². The highest BCUT2D eigenvalue weighted by Gasteiger charge is 2.23. The van der Waals surface area contributed by atoms with Crippen LogP contribution in [0.1, 0.15) is 37.9 Å². The average Bonchev–Trinajstić information content (AvgIpc) is 2.85. The minimum atomic E-state index is 0.906. The lowest BCUT2D eigenvalue weighted by atomic mass is 10.1. The predicted molar refractivity (Wildman–Crippen MR) is 52.5 cm³/mol. The average molecular weight is 177 g/mol. The Bertz CT molecular complexity index is 284. The molecule has 1 heterocycles. The van der Waals surface area contributed by atoms with Gasteiger partial charge in [0.15, 0.2) is 0 Å². The second-order valence-electron chi connectivity index (χ2n) is 3.87. The number of hydrogen-bond acceptors (Lipinski definition) is 1. The van der Waals surface area contributed by atoms with E-state index in [0.29, 0.717) is 0 Å². The molecule has 0 aromatic carbocycles. The first kappa shape index (κ1) is 8.79. The van der Waals surface area contributed by atoms with E-state index in [9.17, 15) is 0 Å². The fraction of sp³-hybridized carbons (Fsp3) is 0.727. The zero-order valence-electron chi connectivity index (χ0n) is 8.51. The van der Waals surface area contributed by atoms with Gasteiger partial charge in [-0.25, -0.2) is 0 Å². The standard InChI is InChI=1S/C11H17N2/c1-3-10-7-12-13(11(10)4-2)8-9-5-6-9/h9H,3-6,8H2,1-2H3. The number of aryl methyl sites for hydroxylation is 1. The highest BCUT2D eigenvalue weighted by atomic mass is 15.3. The third-order valence-electron chi connectivity index (χ3n) is 2.78. The summed E-state index contributed by atoms with van der Waals surface area (Å²) < 4.78 is 2.16. The van der Waals surface area contributed by atoms with Gasteiger partial charge >= 0.3 is 0 Å². The van der Waals surface area contributed by atoms with Crippen LogP contribution in [0.2, 0.25) is 0 Å². The molecule has 2 nitrogen and oxygen atoms in total. The summed E-state index contributed by atoms with van der Waals surface area (Å²) in [7, 11) is 0. The number of hydrogen-bond donors (Lipinski definition) is 0. The molecule has 1 aliphatic carbocycles. The van der Waals surface area contributed by atoms with Crippen LogP contribution in [0.3, 0.4) is 0 Å². The molecule has 0 amide bonds. The first-order chi connectivity index (χ1) is 6.35. The van der Waals surface area contributed by atoms with E-state index in [4.69, 9.17) is 0 Å². The Morgan fingerprint density at radius 1 is 1.38 bits per heavy atom. The molecule has 0 spiro atoms. The van der Waals surface area contributed by atoms with Crippen molar-refractivity contribution in [3.63, 3.8) is 0 Å². The normalized spacial score (nSPS) is 16.5. The van der Waals surface area contributed by atoms with E-state index < -0.39 is 0 Å². The Morgan fingerprint density at radius 3 is 2.69 bits per heavy atom. The molecule has 71 valence electrons. The summed E-state index contributed by atoms with van der Waals surface area (Å²) in [6.07, 6.45) is 8.06. The largest absolute Gasteiger partial charge is 0.268 e. The van der Waals surface area contributed by atoms with Crippen LogP contribution in [0.25, 0.3) is 0 Å². The second kappa shape index (κ2) is 3.52. The van der Waals surface area contributed by atoms with Gasteiger partial charge in [0.2, 0.25) is 0 Å². The van der Waals surface area contributed by atoms with Crippen molar-refractivity contribution in [3.8, 4) is 0 Å². The summed E-state index contributed by atoms with van der Waals surface area (Å²) in [5.74, 6) is 0.906. The van der Waals surface area contributed by atoms with Crippen molar-refractivity contribution in [2.45, 2.75) is 46.1 Å². The smallest absolute Gasteiger partial charge is 0.116 e. The van der Waals surface area contributed by atoms with Gasteiger partial charge in [0, 0.05) is 17.8 Å². The van der Waals surface area contributed by atoms with Gasteiger partial charge in [-0.1, -0.05) is 13.8 Å². The van der Waals surface area contributed by atoms with Gasteiger partial charge in [-0.05, 0) is 31.6 Å². The van der Waals surface area contributed by atoms with Crippen LogP contribution in [0, 0.1) is 12.1 Å². The van der Waals surface area contributed by atoms with E-state index in [2.05, 4.69) is 29.8 Å². The van der Waals surface area contributed by atoms with Crippen molar-refractivity contribution in [1.29, 1.82) is 0 Å². The predicted octanol–water partition coefficient (Wildman–Crippen LogP) is 2.22. The molecule has 0 bridgehead atoms. The number of nitrogens with zero attached hydrogens (tertiary/aromatic N) is 2. The SMILES string of the molecule is CCc1[c]nn(CC2CC2)c1CC. The molecule has 0 saturated heterocycles. The maximum atomic E-state index is 4.33. The van der Waals surface area contributed by atoms with Gasteiger partial charge in [-0.3, -0.25) is 4.68 Å². The van der Waals surface area contributed by atoms with Crippen molar-refractivity contribution >= 4 is 0 Å². The van der Waals surface area contributed by atoms with Crippen LogP contribution in [0.15, 0.2) is 0 Å². The molecule has 0 aliphatic heterocycles. The summed E-state index contributed by atoms with van der Waals surface area (Å²) in [5.41, 5.74) is 2.71.